The minimum atomic E-state index is -4.55. The Morgan fingerprint density at radius 3 is 1.47 bits per heavy atom. The van der Waals surface area contributed by atoms with Crippen molar-refractivity contribution in [1.82, 2.24) is 0 Å². The fourth-order valence-corrected chi connectivity index (χ4v) is 5.02. The Balaban J connectivity index is 3.66. The van der Waals surface area contributed by atoms with E-state index in [0.717, 1.165) is 25.7 Å². The van der Waals surface area contributed by atoms with Crippen LogP contribution in [0.5, 0.6) is 0 Å². The highest BCUT2D eigenvalue weighted by Crippen LogP contribution is 2.52. The Morgan fingerprint density at radius 2 is 1.06 bits per heavy atom. The summed E-state index contributed by atoms with van der Waals surface area (Å²) in [6.07, 6.45) is 26.9. The molecule has 0 rings (SSSR count). The van der Waals surface area contributed by atoms with Gasteiger partial charge >= 0.3 is 7.60 Å². The van der Waals surface area contributed by atoms with Crippen LogP contribution in [0.25, 0.3) is 0 Å². The monoisotopic (exact) mass is 474 g/mol. The van der Waals surface area contributed by atoms with Crippen molar-refractivity contribution in [1.29, 1.82) is 0 Å². The summed E-state index contributed by atoms with van der Waals surface area (Å²) in [4.78, 5) is 19.2. The van der Waals surface area contributed by atoms with Crippen LogP contribution in [0.15, 0.2) is 24.3 Å². The number of nitrogens with zero attached hydrogens (tertiary/aromatic N) is 1. The number of hydrogen-bond donors (Lipinski definition) is 3. The van der Waals surface area contributed by atoms with Gasteiger partial charge in [-0.25, -0.2) is 0 Å². The highest BCUT2D eigenvalue weighted by atomic mass is 31.2. The molecule has 0 saturated heterocycles. The van der Waals surface area contributed by atoms with E-state index >= 15 is 0 Å². The number of quaternary nitrogens is 1. The molecule has 5 nitrogen and oxygen atoms in total. The first-order chi connectivity index (χ1) is 15.0. The Bertz CT molecular complexity index is 551. The van der Waals surface area contributed by atoms with Gasteiger partial charge in [0.2, 0.25) is 5.34 Å². The fraction of sp³-hybridized carbons (Fsp3) is 0.846. The van der Waals surface area contributed by atoms with Gasteiger partial charge in [-0.2, -0.15) is 0 Å². The quantitative estimate of drug-likeness (QED) is 0.0729. The van der Waals surface area contributed by atoms with Crippen molar-refractivity contribution in [2.45, 2.75) is 115 Å². The molecule has 0 amide bonds. The second-order valence-electron chi connectivity index (χ2n) is 10.4. The molecule has 0 bridgehead atoms. The first kappa shape index (κ1) is 31.6. The van der Waals surface area contributed by atoms with Crippen LogP contribution in [-0.2, 0) is 4.57 Å². The lowest BCUT2D eigenvalue weighted by Gasteiger charge is -2.35. The molecular weight excluding hydrogens is 421 g/mol. The lowest BCUT2D eigenvalue weighted by Crippen LogP contribution is -2.49. The summed E-state index contributed by atoms with van der Waals surface area (Å²) in [7, 11) is 0.960. The van der Waals surface area contributed by atoms with E-state index in [0.29, 0.717) is 10.9 Å². The number of rotatable bonds is 21. The molecule has 1 atom stereocenters. The van der Waals surface area contributed by atoms with Crippen LogP contribution in [0, 0.1) is 0 Å². The third kappa shape index (κ3) is 18.0. The summed E-state index contributed by atoms with van der Waals surface area (Å²) >= 11 is 0. The van der Waals surface area contributed by atoms with Crippen LogP contribution < -0.4 is 0 Å². The van der Waals surface area contributed by atoms with Crippen molar-refractivity contribution in [2.75, 3.05) is 27.7 Å². The first-order valence-corrected chi connectivity index (χ1v) is 14.5. The van der Waals surface area contributed by atoms with Crippen LogP contribution in [0.1, 0.15) is 110 Å². The van der Waals surface area contributed by atoms with E-state index in [1.54, 1.807) is 0 Å². The zero-order valence-electron chi connectivity index (χ0n) is 21.5. The Hall–Kier alpha value is -0.450. The van der Waals surface area contributed by atoms with Gasteiger partial charge in [-0.15, -0.1) is 0 Å². The molecule has 0 saturated carbocycles. The van der Waals surface area contributed by atoms with E-state index in [4.69, 9.17) is 0 Å². The maximum absolute atomic E-state index is 11.8. The Kier molecular flexibility index (Phi) is 17.7. The normalized spacial score (nSPS) is 15.1. The minimum absolute atomic E-state index is 0.0549. The van der Waals surface area contributed by atoms with Crippen LogP contribution >= 0.6 is 7.60 Å². The minimum Gasteiger partial charge on any atom is -0.373 e. The van der Waals surface area contributed by atoms with Gasteiger partial charge in [0.25, 0.3) is 0 Å². The molecule has 0 aliphatic rings. The van der Waals surface area contributed by atoms with Gasteiger partial charge in [-0.05, 0) is 64.2 Å². The van der Waals surface area contributed by atoms with E-state index in [9.17, 15) is 19.5 Å². The van der Waals surface area contributed by atoms with E-state index in [1.807, 2.05) is 21.1 Å². The van der Waals surface area contributed by atoms with Crippen LogP contribution in [0.3, 0.4) is 0 Å². The predicted octanol–water partition coefficient (Wildman–Crippen LogP) is 6.93. The Labute approximate surface area is 198 Å². The molecular formula is C26H53NO4P+. The largest absolute Gasteiger partial charge is 0.373 e. The Morgan fingerprint density at radius 1 is 0.688 bits per heavy atom. The van der Waals surface area contributed by atoms with E-state index in [2.05, 4.69) is 31.2 Å². The molecule has 0 aliphatic carbocycles. The molecule has 0 heterocycles. The lowest BCUT2D eigenvalue weighted by molar-refractivity contribution is -0.875. The van der Waals surface area contributed by atoms with E-state index in [1.165, 1.54) is 64.2 Å². The van der Waals surface area contributed by atoms with Gasteiger partial charge in [0, 0.05) is 0 Å². The number of allylic oxidation sites excluding steroid dienone is 4. The van der Waals surface area contributed by atoms with Gasteiger partial charge in [-0.3, -0.25) is 4.57 Å². The topological polar surface area (TPSA) is 77.8 Å². The third-order valence-electron chi connectivity index (χ3n) is 5.77. The fourth-order valence-electron chi connectivity index (χ4n) is 3.96. The molecule has 32 heavy (non-hydrogen) atoms. The third-order valence-corrected chi connectivity index (χ3v) is 7.22. The predicted molar refractivity (Wildman–Crippen MR) is 138 cm³/mol. The average molecular weight is 475 g/mol. The number of aliphatic hydroxyl groups is 1. The number of unbranched alkanes of at least 4 members (excludes halogenated alkanes) is 12. The average Bonchev–Trinajstić information content (AvgIpc) is 2.67. The second kappa shape index (κ2) is 18.0. The van der Waals surface area contributed by atoms with E-state index < -0.39 is 12.9 Å². The van der Waals surface area contributed by atoms with Gasteiger partial charge < -0.3 is 19.4 Å². The van der Waals surface area contributed by atoms with Gasteiger partial charge in [-0.1, -0.05) is 69.8 Å². The van der Waals surface area contributed by atoms with Crippen LogP contribution in [0.2, 0.25) is 0 Å². The zero-order chi connectivity index (χ0) is 24.3. The summed E-state index contributed by atoms with van der Waals surface area (Å²) < 4.78 is 12.1. The van der Waals surface area contributed by atoms with Crippen molar-refractivity contribution in [3.05, 3.63) is 24.3 Å². The standard InChI is InChI=1S/C26H52NO4P/c1-5-6-7-8-9-10-11-12-13-14-15-16-17-18-19-20-21-22-23-24-26(28,32(29,30)31)25-27(2,3)4/h9-10,15-16,28H,5-8,11-14,17-25H2,1-4H3,(H-,29,30,31)/p+1/b10-9-,16-15-. The molecule has 0 spiro atoms. The molecule has 1 unspecified atom stereocenters. The molecule has 6 heteroatoms. The second-order valence-corrected chi connectivity index (χ2v) is 12.3. The first-order valence-electron chi connectivity index (χ1n) is 12.9. The van der Waals surface area contributed by atoms with Crippen LogP contribution in [0.4, 0.5) is 0 Å². The summed E-state index contributed by atoms with van der Waals surface area (Å²) in [6.45, 7) is 2.30. The lowest BCUT2D eigenvalue weighted by atomic mass is 10.0. The molecule has 0 aliphatic heterocycles. The summed E-state index contributed by atoms with van der Waals surface area (Å²) in [5.41, 5.74) is 0. The van der Waals surface area contributed by atoms with Gasteiger partial charge in [0.15, 0.2) is 0 Å². The highest BCUT2D eigenvalue weighted by molar-refractivity contribution is 7.53. The SMILES string of the molecule is CCCCC/C=C\CCCC/C=C\CCCCCCCCC(O)(C[N+](C)(C)C)P(=O)(O)O. The van der Waals surface area contributed by atoms with Crippen molar-refractivity contribution < 1.29 is 23.9 Å². The van der Waals surface area contributed by atoms with E-state index in [-0.39, 0.29) is 13.0 Å². The molecule has 3 N–H and O–H groups in total. The van der Waals surface area contributed by atoms with Gasteiger partial charge in [0.1, 0.15) is 6.54 Å². The summed E-state index contributed by atoms with van der Waals surface area (Å²) in [6, 6.07) is 0. The smallest absolute Gasteiger partial charge is 0.362 e. The summed E-state index contributed by atoms with van der Waals surface area (Å²) in [5.74, 6) is 0. The van der Waals surface area contributed by atoms with Crippen molar-refractivity contribution in [3.8, 4) is 0 Å². The maximum Gasteiger partial charge on any atom is 0.362 e. The molecule has 0 radical (unpaired) electrons. The van der Waals surface area contributed by atoms with Crippen molar-refractivity contribution in [2.24, 2.45) is 0 Å². The zero-order valence-corrected chi connectivity index (χ0v) is 22.4. The van der Waals surface area contributed by atoms with Gasteiger partial charge in [0.05, 0.1) is 21.1 Å². The van der Waals surface area contributed by atoms with Crippen molar-refractivity contribution >= 4 is 7.60 Å². The number of likely N-dealkylation sites (N-methyl/N-ethyl adjacent to an activating group) is 1. The number of hydrogen-bond acceptors (Lipinski definition) is 2. The summed E-state index contributed by atoms with van der Waals surface area (Å²) in [5, 5.41) is 8.62. The molecule has 0 fully saturated rings. The molecule has 0 aromatic heterocycles. The highest BCUT2D eigenvalue weighted by Gasteiger charge is 2.48. The molecule has 0 aromatic rings. The van der Waals surface area contributed by atoms with Crippen molar-refractivity contribution in [3.63, 3.8) is 0 Å². The maximum atomic E-state index is 11.8. The molecule has 0 aromatic carbocycles. The molecule has 190 valence electrons. The van der Waals surface area contributed by atoms with Crippen LogP contribution in [-0.4, -0.2) is 52.4 Å².